The Morgan fingerprint density at radius 3 is 2.57 bits per heavy atom. The third-order valence-corrected chi connectivity index (χ3v) is 4.88. The predicted octanol–water partition coefficient (Wildman–Crippen LogP) is 4.29. The first-order chi connectivity index (χ1) is 9.90. The molecule has 1 aliphatic heterocycles. The summed E-state index contributed by atoms with van der Waals surface area (Å²) < 4.78 is 6.15. The van der Waals surface area contributed by atoms with Crippen molar-refractivity contribution in [1.29, 1.82) is 0 Å². The summed E-state index contributed by atoms with van der Waals surface area (Å²) in [5, 5.41) is 3.65. The van der Waals surface area contributed by atoms with Gasteiger partial charge in [0.1, 0.15) is 11.9 Å². The van der Waals surface area contributed by atoms with Crippen molar-refractivity contribution in [3.8, 4) is 5.75 Å². The highest BCUT2D eigenvalue weighted by molar-refractivity contribution is 5.37. The van der Waals surface area contributed by atoms with Crippen molar-refractivity contribution in [1.82, 2.24) is 5.32 Å². The van der Waals surface area contributed by atoms with Crippen molar-refractivity contribution >= 4 is 0 Å². The van der Waals surface area contributed by atoms with Gasteiger partial charge in [-0.1, -0.05) is 52.8 Å². The maximum Gasteiger partial charge on any atom is 0.123 e. The molecule has 0 saturated carbocycles. The van der Waals surface area contributed by atoms with E-state index in [0.29, 0.717) is 17.9 Å². The summed E-state index contributed by atoms with van der Waals surface area (Å²) in [7, 11) is 0. The van der Waals surface area contributed by atoms with E-state index in [1.54, 1.807) is 0 Å². The summed E-state index contributed by atoms with van der Waals surface area (Å²) in [6.45, 7) is 13.7. The Balaban J connectivity index is 1.94. The molecule has 2 unspecified atom stereocenters. The van der Waals surface area contributed by atoms with Crippen LogP contribution < -0.4 is 10.1 Å². The SMILES string of the molecule is CC(C)CNCC(C)(CC1Cc2ccccc2O1)C(C)C. The van der Waals surface area contributed by atoms with E-state index < -0.39 is 0 Å². The highest BCUT2D eigenvalue weighted by atomic mass is 16.5. The zero-order valence-corrected chi connectivity index (χ0v) is 14.3. The van der Waals surface area contributed by atoms with Crippen molar-refractivity contribution in [2.75, 3.05) is 13.1 Å². The summed E-state index contributed by atoms with van der Waals surface area (Å²) >= 11 is 0. The number of nitrogens with one attached hydrogen (secondary N) is 1. The van der Waals surface area contributed by atoms with E-state index in [1.807, 2.05) is 0 Å². The van der Waals surface area contributed by atoms with Gasteiger partial charge < -0.3 is 10.1 Å². The fourth-order valence-corrected chi connectivity index (χ4v) is 3.05. The smallest absolute Gasteiger partial charge is 0.123 e. The lowest BCUT2D eigenvalue weighted by atomic mass is 9.74. The van der Waals surface area contributed by atoms with E-state index in [9.17, 15) is 0 Å². The molecule has 0 radical (unpaired) electrons. The molecule has 0 fully saturated rings. The molecule has 0 saturated heterocycles. The van der Waals surface area contributed by atoms with E-state index in [-0.39, 0.29) is 5.41 Å². The third kappa shape index (κ3) is 4.23. The van der Waals surface area contributed by atoms with Crippen LogP contribution >= 0.6 is 0 Å². The van der Waals surface area contributed by atoms with E-state index in [2.05, 4.69) is 64.2 Å². The molecule has 2 nitrogen and oxygen atoms in total. The summed E-state index contributed by atoms with van der Waals surface area (Å²) in [6.07, 6.45) is 2.50. The normalized spacial score (nSPS) is 20.4. The van der Waals surface area contributed by atoms with Crippen molar-refractivity contribution in [3.05, 3.63) is 29.8 Å². The second-order valence-corrected chi connectivity index (χ2v) is 7.59. The Morgan fingerprint density at radius 1 is 1.24 bits per heavy atom. The van der Waals surface area contributed by atoms with Crippen LogP contribution in [0.2, 0.25) is 0 Å². The molecule has 118 valence electrons. The van der Waals surface area contributed by atoms with Crippen molar-refractivity contribution in [2.24, 2.45) is 17.3 Å². The molecule has 1 aromatic rings. The summed E-state index contributed by atoms with van der Waals surface area (Å²) in [4.78, 5) is 0. The van der Waals surface area contributed by atoms with Gasteiger partial charge in [-0.3, -0.25) is 0 Å². The van der Waals surface area contributed by atoms with Crippen LogP contribution in [0.25, 0.3) is 0 Å². The fourth-order valence-electron chi connectivity index (χ4n) is 3.05. The molecule has 1 aliphatic rings. The quantitative estimate of drug-likeness (QED) is 0.808. The molecule has 0 amide bonds. The molecule has 0 aromatic heterocycles. The maximum absolute atomic E-state index is 6.15. The Hall–Kier alpha value is -1.02. The van der Waals surface area contributed by atoms with Gasteiger partial charge in [0.05, 0.1) is 0 Å². The van der Waals surface area contributed by atoms with E-state index in [0.717, 1.165) is 31.7 Å². The summed E-state index contributed by atoms with van der Waals surface area (Å²) in [6, 6.07) is 8.46. The second-order valence-electron chi connectivity index (χ2n) is 7.59. The highest BCUT2D eigenvalue weighted by Gasteiger charge is 2.34. The van der Waals surface area contributed by atoms with Crippen LogP contribution in [0.15, 0.2) is 24.3 Å². The summed E-state index contributed by atoms with van der Waals surface area (Å²) in [5.74, 6) is 2.43. The molecule has 0 aliphatic carbocycles. The Labute approximate surface area is 130 Å². The summed E-state index contributed by atoms with van der Waals surface area (Å²) in [5.41, 5.74) is 1.64. The third-order valence-electron chi connectivity index (χ3n) is 4.88. The second kappa shape index (κ2) is 6.83. The fraction of sp³-hybridized carbons (Fsp3) is 0.684. The largest absolute Gasteiger partial charge is 0.490 e. The predicted molar refractivity (Wildman–Crippen MR) is 89.8 cm³/mol. The van der Waals surface area contributed by atoms with Gasteiger partial charge in [-0.25, -0.2) is 0 Å². The number of ether oxygens (including phenoxy) is 1. The van der Waals surface area contributed by atoms with Gasteiger partial charge in [0.15, 0.2) is 0 Å². The molecule has 1 N–H and O–H groups in total. The topological polar surface area (TPSA) is 21.3 Å². The molecular formula is C19H31NO. The van der Waals surface area contributed by atoms with Gasteiger partial charge in [-0.15, -0.1) is 0 Å². The average Bonchev–Trinajstić information content (AvgIpc) is 2.79. The first-order valence-corrected chi connectivity index (χ1v) is 8.36. The van der Waals surface area contributed by atoms with Gasteiger partial charge >= 0.3 is 0 Å². The lowest BCUT2D eigenvalue weighted by Crippen LogP contribution is -2.40. The molecule has 1 aromatic carbocycles. The van der Waals surface area contributed by atoms with Gasteiger partial charge in [0, 0.05) is 13.0 Å². The first-order valence-electron chi connectivity index (χ1n) is 8.36. The maximum atomic E-state index is 6.15. The van der Waals surface area contributed by atoms with E-state index in [1.165, 1.54) is 5.56 Å². The van der Waals surface area contributed by atoms with Crippen LogP contribution in [0.4, 0.5) is 0 Å². The van der Waals surface area contributed by atoms with Crippen molar-refractivity contribution in [3.63, 3.8) is 0 Å². The van der Waals surface area contributed by atoms with Crippen LogP contribution in [0, 0.1) is 17.3 Å². The number of hydrogen-bond acceptors (Lipinski definition) is 2. The number of rotatable bonds is 7. The van der Waals surface area contributed by atoms with Crippen molar-refractivity contribution in [2.45, 2.75) is 53.6 Å². The molecule has 1 heterocycles. The van der Waals surface area contributed by atoms with Crippen LogP contribution in [0.5, 0.6) is 5.75 Å². The Kier molecular flexibility index (Phi) is 5.32. The van der Waals surface area contributed by atoms with Crippen LogP contribution in [0.1, 0.15) is 46.6 Å². The number of para-hydroxylation sites is 1. The molecule has 21 heavy (non-hydrogen) atoms. The minimum atomic E-state index is 0.279. The van der Waals surface area contributed by atoms with Crippen LogP contribution in [0.3, 0.4) is 0 Å². The number of benzene rings is 1. The highest BCUT2D eigenvalue weighted by Crippen LogP contribution is 2.37. The molecule has 0 spiro atoms. The lowest BCUT2D eigenvalue weighted by Gasteiger charge is -2.36. The van der Waals surface area contributed by atoms with E-state index >= 15 is 0 Å². The van der Waals surface area contributed by atoms with Crippen LogP contribution in [-0.2, 0) is 6.42 Å². The molecule has 2 atom stereocenters. The molecule has 2 heteroatoms. The van der Waals surface area contributed by atoms with Crippen molar-refractivity contribution < 1.29 is 4.74 Å². The number of hydrogen-bond donors (Lipinski definition) is 1. The zero-order valence-electron chi connectivity index (χ0n) is 14.3. The molecule has 0 bridgehead atoms. The monoisotopic (exact) mass is 289 g/mol. The lowest BCUT2D eigenvalue weighted by molar-refractivity contribution is 0.105. The number of fused-ring (bicyclic) bond motifs is 1. The van der Waals surface area contributed by atoms with Gasteiger partial charge in [-0.05, 0) is 41.8 Å². The van der Waals surface area contributed by atoms with Gasteiger partial charge in [0.25, 0.3) is 0 Å². The Bertz CT molecular complexity index is 430. The van der Waals surface area contributed by atoms with Gasteiger partial charge in [-0.2, -0.15) is 0 Å². The Morgan fingerprint density at radius 2 is 1.95 bits per heavy atom. The average molecular weight is 289 g/mol. The minimum absolute atomic E-state index is 0.279. The van der Waals surface area contributed by atoms with Gasteiger partial charge in [0.2, 0.25) is 0 Å². The molecular weight excluding hydrogens is 258 g/mol. The van der Waals surface area contributed by atoms with E-state index in [4.69, 9.17) is 4.74 Å². The molecule has 2 rings (SSSR count). The standard InChI is InChI=1S/C19H31NO/c1-14(2)12-20-13-19(5,15(3)4)11-17-10-16-8-6-7-9-18(16)21-17/h6-9,14-15,17,20H,10-13H2,1-5H3. The first kappa shape index (κ1) is 16.4. The minimum Gasteiger partial charge on any atom is -0.490 e. The van der Waals surface area contributed by atoms with Crippen LogP contribution in [-0.4, -0.2) is 19.2 Å². The zero-order chi connectivity index (χ0) is 15.5.